The van der Waals surface area contributed by atoms with E-state index >= 15 is 4.39 Å². The van der Waals surface area contributed by atoms with Gasteiger partial charge in [-0.3, -0.25) is 4.57 Å². The van der Waals surface area contributed by atoms with Crippen molar-refractivity contribution in [3.63, 3.8) is 0 Å². The number of nitrogens with zero attached hydrogens (tertiary/aromatic N) is 4. The highest BCUT2D eigenvalue weighted by atomic mass is 35.5. The van der Waals surface area contributed by atoms with Gasteiger partial charge in [-0.1, -0.05) is 103 Å². The zero-order chi connectivity index (χ0) is 31.5. The molecule has 0 amide bonds. The van der Waals surface area contributed by atoms with Gasteiger partial charge in [0, 0.05) is 6.42 Å². The molecule has 0 saturated carbocycles. The third kappa shape index (κ3) is 5.53. The molecule has 46 heavy (non-hydrogen) atoms. The fourth-order valence-corrected chi connectivity index (χ4v) is 6.03. The van der Waals surface area contributed by atoms with Crippen molar-refractivity contribution in [3.8, 4) is 5.69 Å². The first-order valence-electron chi connectivity index (χ1n) is 14.8. The van der Waals surface area contributed by atoms with E-state index in [-0.39, 0.29) is 23.0 Å². The summed E-state index contributed by atoms with van der Waals surface area (Å²) in [6.45, 7) is 0.671. The van der Waals surface area contributed by atoms with Gasteiger partial charge in [-0.2, -0.15) is 0 Å². The normalized spacial score (nSPS) is 14.9. The monoisotopic (exact) mass is 634 g/mol. The average Bonchev–Trinajstić information content (AvgIpc) is 3.78. The molecule has 1 aliphatic rings. The molecule has 4 aromatic carbocycles. The molecular weight excluding hydrogens is 607 g/mol. The lowest BCUT2D eigenvalue weighted by atomic mass is 9.80. The summed E-state index contributed by atoms with van der Waals surface area (Å²) in [5.41, 5.74) is 2.64. The first-order valence-corrected chi connectivity index (χ1v) is 15.2. The molecule has 230 valence electrons. The third-order valence-electron chi connectivity index (χ3n) is 8.09. The zero-order valence-electron chi connectivity index (χ0n) is 24.6. The van der Waals surface area contributed by atoms with Gasteiger partial charge in [-0.05, 0) is 34.4 Å². The molecule has 1 aliphatic heterocycles. The Labute approximate surface area is 269 Å². The van der Waals surface area contributed by atoms with Crippen LogP contribution in [0, 0.1) is 5.82 Å². The van der Waals surface area contributed by atoms with Crippen molar-refractivity contribution in [1.82, 2.24) is 19.5 Å². The summed E-state index contributed by atoms with van der Waals surface area (Å²) in [7, 11) is 0. The molecule has 8 nitrogen and oxygen atoms in total. The van der Waals surface area contributed by atoms with Crippen molar-refractivity contribution in [2.75, 3.05) is 13.2 Å². The Morgan fingerprint density at radius 1 is 0.913 bits per heavy atom. The number of imidazole rings is 1. The number of hydrogen-bond donors (Lipinski definition) is 0. The first kappa shape index (κ1) is 29.7. The van der Waals surface area contributed by atoms with Gasteiger partial charge in [-0.15, -0.1) is 0 Å². The van der Waals surface area contributed by atoms with Gasteiger partial charge in [0.25, 0.3) is 0 Å². The Kier molecular flexibility index (Phi) is 8.28. The van der Waals surface area contributed by atoms with E-state index in [9.17, 15) is 4.79 Å². The van der Waals surface area contributed by atoms with E-state index < -0.39 is 23.5 Å². The van der Waals surface area contributed by atoms with Crippen molar-refractivity contribution < 1.29 is 23.4 Å². The van der Waals surface area contributed by atoms with Crippen LogP contribution in [0.3, 0.4) is 0 Å². The van der Waals surface area contributed by atoms with Crippen molar-refractivity contribution in [1.29, 1.82) is 0 Å². The molecule has 1 fully saturated rings. The number of rotatable bonds is 9. The Morgan fingerprint density at radius 2 is 1.54 bits per heavy atom. The predicted molar refractivity (Wildman–Crippen MR) is 170 cm³/mol. The molecule has 1 saturated heterocycles. The molecule has 0 spiro atoms. The lowest BCUT2D eigenvalue weighted by Gasteiger charge is -2.36. The van der Waals surface area contributed by atoms with E-state index in [0.717, 1.165) is 16.7 Å². The van der Waals surface area contributed by atoms with Gasteiger partial charge in [-0.25, -0.2) is 24.1 Å². The first-order chi connectivity index (χ1) is 22.5. The molecule has 6 aromatic rings. The van der Waals surface area contributed by atoms with Gasteiger partial charge >= 0.3 is 5.97 Å². The van der Waals surface area contributed by atoms with Crippen LogP contribution in [0.15, 0.2) is 116 Å². The molecule has 7 rings (SSSR count). The summed E-state index contributed by atoms with van der Waals surface area (Å²) in [6, 6.07) is 32.2. The molecule has 10 heteroatoms. The minimum atomic E-state index is -1.09. The summed E-state index contributed by atoms with van der Waals surface area (Å²) in [4.78, 5) is 26.3. The molecule has 3 heterocycles. The van der Waals surface area contributed by atoms with Gasteiger partial charge < -0.3 is 14.2 Å². The third-order valence-corrected chi connectivity index (χ3v) is 8.36. The summed E-state index contributed by atoms with van der Waals surface area (Å²) in [5.74, 6) is -1.23. The standard InChI is InChI=1S/C36H28ClFN4O4/c37-33-32-34(40-22-39-33)42(23-41-32)31-19-29(35(43)46-28-16-17-44-21-28)24(18-30(31)38)20-45-36(25-10-4-1-5-11-25,26-12-6-2-7-13-26)27-14-8-3-9-15-27/h1-15,18-19,22-23,28H,16-17,20-21H2/t28-/m1/s1. The van der Waals surface area contributed by atoms with E-state index in [1.807, 2.05) is 91.0 Å². The topological polar surface area (TPSA) is 88.4 Å². The van der Waals surface area contributed by atoms with Crippen LogP contribution in [0.2, 0.25) is 5.15 Å². The van der Waals surface area contributed by atoms with Gasteiger partial charge in [0.05, 0.1) is 31.1 Å². The molecule has 0 N–H and O–H groups in total. The number of carbonyl (C=O) groups is 1. The summed E-state index contributed by atoms with van der Waals surface area (Å²) in [6.07, 6.45) is 2.83. The van der Waals surface area contributed by atoms with Crippen LogP contribution in [0.4, 0.5) is 4.39 Å². The second-order valence-corrected chi connectivity index (χ2v) is 11.2. The van der Waals surface area contributed by atoms with Crippen LogP contribution >= 0.6 is 11.6 Å². The SMILES string of the molecule is O=C(O[C@@H]1CCOC1)c1cc(-n2cnc3c(Cl)ncnc32)c(F)cc1COC(c1ccccc1)(c1ccccc1)c1ccccc1. The second-order valence-electron chi connectivity index (χ2n) is 10.9. The van der Waals surface area contributed by atoms with Crippen LogP contribution in [0.1, 0.15) is 39.0 Å². The number of halogens is 2. The van der Waals surface area contributed by atoms with Crippen LogP contribution in [-0.4, -0.2) is 44.8 Å². The Morgan fingerprint density at radius 3 is 2.13 bits per heavy atom. The van der Waals surface area contributed by atoms with E-state index in [2.05, 4.69) is 15.0 Å². The van der Waals surface area contributed by atoms with E-state index in [0.29, 0.717) is 36.4 Å². The van der Waals surface area contributed by atoms with E-state index in [4.69, 9.17) is 25.8 Å². The number of esters is 1. The van der Waals surface area contributed by atoms with Gasteiger partial charge in [0.15, 0.2) is 10.8 Å². The quantitative estimate of drug-likeness (QED) is 0.0955. The number of ether oxygens (including phenoxy) is 3. The number of fused-ring (bicyclic) bond motifs is 1. The molecule has 0 bridgehead atoms. The highest BCUT2D eigenvalue weighted by Gasteiger charge is 2.38. The number of benzene rings is 4. The van der Waals surface area contributed by atoms with Crippen molar-refractivity contribution >= 4 is 28.7 Å². The maximum absolute atomic E-state index is 16.1. The van der Waals surface area contributed by atoms with Crippen LogP contribution < -0.4 is 0 Å². The van der Waals surface area contributed by atoms with Crippen molar-refractivity contribution in [3.05, 3.63) is 155 Å². The Bertz CT molecular complexity index is 1890. The lowest BCUT2D eigenvalue weighted by Crippen LogP contribution is -2.33. The number of carbonyl (C=O) groups excluding carboxylic acids is 1. The minimum Gasteiger partial charge on any atom is -0.456 e. The summed E-state index contributed by atoms with van der Waals surface area (Å²) in [5, 5.41) is 0.133. The maximum atomic E-state index is 16.1. The summed E-state index contributed by atoms with van der Waals surface area (Å²) >= 11 is 6.21. The van der Waals surface area contributed by atoms with Crippen LogP contribution in [0.5, 0.6) is 0 Å². The fraction of sp³-hybridized carbons (Fsp3) is 0.167. The van der Waals surface area contributed by atoms with Crippen LogP contribution in [0.25, 0.3) is 16.9 Å². The second kappa shape index (κ2) is 12.8. The van der Waals surface area contributed by atoms with E-state index in [1.54, 1.807) is 0 Å². The highest BCUT2D eigenvalue weighted by Crippen LogP contribution is 2.41. The molecule has 0 unspecified atom stereocenters. The molecule has 0 aliphatic carbocycles. The molecule has 2 aromatic heterocycles. The average molecular weight is 635 g/mol. The van der Waals surface area contributed by atoms with Crippen LogP contribution in [-0.2, 0) is 26.4 Å². The van der Waals surface area contributed by atoms with Gasteiger partial charge in [0.1, 0.15) is 35.7 Å². The summed E-state index contributed by atoms with van der Waals surface area (Å²) < 4.78 is 35.8. The van der Waals surface area contributed by atoms with E-state index in [1.165, 1.54) is 29.4 Å². The maximum Gasteiger partial charge on any atom is 0.338 e. The molecule has 0 radical (unpaired) electrons. The number of hydrogen-bond acceptors (Lipinski definition) is 7. The van der Waals surface area contributed by atoms with Crippen molar-refractivity contribution in [2.45, 2.75) is 24.7 Å². The fourth-order valence-electron chi connectivity index (χ4n) is 5.85. The van der Waals surface area contributed by atoms with Crippen molar-refractivity contribution in [2.24, 2.45) is 0 Å². The Balaban J connectivity index is 1.36. The smallest absolute Gasteiger partial charge is 0.338 e. The highest BCUT2D eigenvalue weighted by molar-refractivity contribution is 6.33. The number of aromatic nitrogens is 4. The minimum absolute atomic E-state index is 0.0519. The lowest BCUT2D eigenvalue weighted by molar-refractivity contribution is -0.00127. The molecule has 1 atom stereocenters. The Hall–Kier alpha value is -4.96. The predicted octanol–water partition coefficient (Wildman–Crippen LogP) is 7.06. The largest absolute Gasteiger partial charge is 0.456 e. The van der Waals surface area contributed by atoms with Gasteiger partial charge in [0.2, 0.25) is 0 Å². The zero-order valence-corrected chi connectivity index (χ0v) is 25.3. The molecular formula is C36H28ClFN4O4.